The number of fused-ring (bicyclic) bond motifs is 4. The quantitative estimate of drug-likeness (QED) is 0.181. The van der Waals surface area contributed by atoms with Gasteiger partial charge >= 0.3 is 0 Å². The molecule has 2 atom stereocenters. The molecule has 2 N–H and O–H groups in total. The first-order chi connectivity index (χ1) is 32.3. The standard InChI is InChI=1S/C51H55N11O5/c1-30-29-58(34-13-17-57(18-14-34)35-5-7-38-39(25-35)49(66)62(48(38)65)40-8-10-45(63)56-47(40)64)19-20-59(30)36-6-9-43(54-28-36)55-44-24-32(11-15-52-44)37-12-16-53-46(31(37)2)61-22-21-60-41(50(61)67)23-33-26-51(3,4)27-42(33)60/h5-7,9,11-12,15-16,23-25,28,30,34,40H,8,10,13-14,17-22,26-27,29H2,1-4H3,(H,52,54,55)(H,56,63,64)/t30-,40?/m0/s1. The Morgan fingerprint density at radius 2 is 1.52 bits per heavy atom. The highest BCUT2D eigenvalue weighted by atomic mass is 16.2. The van der Waals surface area contributed by atoms with Crippen molar-refractivity contribution in [1.82, 2.24) is 34.6 Å². The average Bonchev–Trinajstić information content (AvgIpc) is 3.91. The van der Waals surface area contributed by atoms with Crippen LogP contribution in [0.2, 0.25) is 0 Å². The summed E-state index contributed by atoms with van der Waals surface area (Å²) in [5.41, 5.74) is 9.09. The van der Waals surface area contributed by atoms with E-state index in [0.717, 1.165) is 104 Å². The lowest BCUT2D eigenvalue weighted by Gasteiger charge is -2.46. The third-order valence-electron chi connectivity index (χ3n) is 14.9. The smallest absolute Gasteiger partial charge is 0.276 e. The van der Waals surface area contributed by atoms with Crippen LogP contribution in [-0.4, -0.2) is 116 Å². The number of benzene rings is 1. The number of carbonyl (C=O) groups excluding carboxylic acids is 5. The first-order valence-electron chi connectivity index (χ1n) is 23.6. The summed E-state index contributed by atoms with van der Waals surface area (Å²) < 4.78 is 2.23. The van der Waals surface area contributed by atoms with E-state index in [1.54, 1.807) is 24.5 Å². The number of piperidine rings is 2. The molecule has 0 radical (unpaired) electrons. The lowest BCUT2D eigenvalue weighted by molar-refractivity contribution is -0.136. The van der Waals surface area contributed by atoms with Gasteiger partial charge in [-0.1, -0.05) is 13.8 Å². The molecule has 5 aromatic rings. The second-order valence-corrected chi connectivity index (χ2v) is 19.8. The van der Waals surface area contributed by atoms with Crippen LogP contribution in [0.1, 0.15) is 94.5 Å². The maximum Gasteiger partial charge on any atom is 0.276 e. The van der Waals surface area contributed by atoms with Crippen molar-refractivity contribution in [2.24, 2.45) is 5.41 Å². The minimum atomic E-state index is -0.977. The maximum atomic E-state index is 13.9. The molecule has 1 aromatic carbocycles. The van der Waals surface area contributed by atoms with Crippen LogP contribution in [0, 0.1) is 12.3 Å². The molecule has 9 heterocycles. The molecule has 4 aromatic heterocycles. The summed E-state index contributed by atoms with van der Waals surface area (Å²) in [6, 6.07) is 17.3. The van der Waals surface area contributed by atoms with Crippen molar-refractivity contribution in [2.75, 3.05) is 59.3 Å². The van der Waals surface area contributed by atoms with Crippen LogP contribution in [-0.2, 0) is 29.0 Å². The van der Waals surface area contributed by atoms with Crippen LogP contribution in [0.5, 0.6) is 0 Å². The number of imide groups is 2. The minimum absolute atomic E-state index is 0.00478. The molecular weight excluding hydrogens is 847 g/mol. The largest absolute Gasteiger partial charge is 0.371 e. The van der Waals surface area contributed by atoms with Crippen molar-refractivity contribution in [3.63, 3.8) is 0 Å². The van der Waals surface area contributed by atoms with Gasteiger partial charge in [-0.05, 0) is 128 Å². The number of rotatable bonds is 8. The third kappa shape index (κ3) is 7.60. The van der Waals surface area contributed by atoms with Gasteiger partial charge in [-0.2, -0.15) is 0 Å². The zero-order valence-corrected chi connectivity index (χ0v) is 38.4. The van der Waals surface area contributed by atoms with E-state index in [2.05, 4.69) is 67.8 Å². The molecule has 5 amide bonds. The van der Waals surface area contributed by atoms with Crippen LogP contribution in [0.3, 0.4) is 0 Å². The zero-order chi connectivity index (χ0) is 46.3. The Labute approximate surface area is 389 Å². The van der Waals surface area contributed by atoms with Crippen LogP contribution < -0.4 is 25.3 Å². The van der Waals surface area contributed by atoms with Crippen molar-refractivity contribution < 1.29 is 24.0 Å². The van der Waals surface area contributed by atoms with Gasteiger partial charge in [0.2, 0.25) is 11.8 Å². The number of nitrogens with zero attached hydrogens (tertiary/aromatic N) is 9. The lowest BCUT2D eigenvalue weighted by Crippen LogP contribution is -2.57. The summed E-state index contributed by atoms with van der Waals surface area (Å²) in [5.74, 6) is 0.0952. The Hall–Kier alpha value is -6.94. The van der Waals surface area contributed by atoms with Gasteiger partial charge in [0, 0.05) is 88.1 Å². The molecule has 3 fully saturated rings. The summed E-state index contributed by atoms with van der Waals surface area (Å²) in [7, 11) is 0. The molecule has 16 heteroatoms. The van der Waals surface area contributed by atoms with Gasteiger partial charge in [-0.25, -0.2) is 15.0 Å². The first kappa shape index (κ1) is 42.7. The minimum Gasteiger partial charge on any atom is -0.371 e. The Morgan fingerprint density at radius 3 is 2.30 bits per heavy atom. The van der Waals surface area contributed by atoms with E-state index in [0.29, 0.717) is 41.2 Å². The SMILES string of the molecule is Cc1c(-c2ccnc(Nc3ccc(N4CCN(C5CCN(c6ccc7c(c6)C(=O)N(C6CCC(=O)NC6=O)C7=O)CC5)C[C@@H]4C)cn3)c2)ccnc1N1CCn2c(cc3c2CC(C)(C)C3)C1=O. The van der Waals surface area contributed by atoms with Crippen LogP contribution >= 0.6 is 0 Å². The number of nitrogens with one attached hydrogen (secondary N) is 2. The highest BCUT2D eigenvalue weighted by Crippen LogP contribution is 2.40. The van der Waals surface area contributed by atoms with Gasteiger partial charge < -0.3 is 19.7 Å². The van der Waals surface area contributed by atoms with Crippen molar-refractivity contribution in [3.05, 3.63) is 107 Å². The second kappa shape index (κ2) is 16.4. The molecule has 5 aliphatic heterocycles. The van der Waals surface area contributed by atoms with E-state index in [4.69, 9.17) is 9.97 Å². The summed E-state index contributed by atoms with van der Waals surface area (Å²) in [4.78, 5) is 89.0. The third-order valence-corrected chi connectivity index (χ3v) is 14.9. The Morgan fingerprint density at radius 1 is 0.731 bits per heavy atom. The Balaban J connectivity index is 0.690. The summed E-state index contributed by atoms with van der Waals surface area (Å²) in [6.45, 7) is 14.6. The fraction of sp³-hybridized carbons (Fsp3) is 0.412. The van der Waals surface area contributed by atoms with Crippen molar-refractivity contribution >= 4 is 58.4 Å². The van der Waals surface area contributed by atoms with Crippen LogP contribution in [0.15, 0.2) is 73.2 Å². The Bertz CT molecular complexity index is 2870. The zero-order valence-electron chi connectivity index (χ0n) is 38.4. The number of hydrogen-bond acceptors (Lipinski definition) is 12. The normalized spacial score (nSPS) is 22.0. The van der Waals surface area contributed by atoms with Crippen molar-refractivity contribution in [1.29, 1.82) is 0 Å². The number of piperazine rings is 1. The van der Waals surface area contributed by atoms with Gasteiger partial charge in [-0.15, -0.1) is 0 Å². The predicted octanol–water partition coefficient (Wildman–Crippen LogP) is 5.76. The van der Waals surface area contributed by atoms with Crippen molar-refractivity contribution in [2.45, 2.75) is 90.9 Å². The number of pyridine rings is 3. The molecule has 16 nitrogen and oxygen atoms in total. The van der Waals surface area contributed by atoms with E-state index in [-0.39, 0.29) is 30.2 Å². The maximum absolute atomic E-state index is 13.9. The van der Waals surface area contributed by atoms with E-state index in [1.807, 2.05) is 48.4 Å². The molecule has 11 rings (SSSR count). The number of aromatic nitrogens is 4. The number of hydrogen-bond donors (Lipinski definition) is 2. The van der Waals surface area contributed by atoms with Gasteiger partial charge in [0.1, 0.15) is 29.2 Å². The van der Waals surface area contributed by atoms with E-state index >= 15 is 0 Å². The predicted molar refractivity (Wildman–Crippen MR) is 254 cm³/mol. The molecule has 0 saturated carbocycles. The van der Waals surface area contributed by atoms with E-state index in [9.17, 15) is 24.0 Å². The number of amides is 5. The molecule has 67 heavy (non-hydrogen) atoms. The molecule has 0 bridgehead atoms. The number of anilines is 5. The summed E-state index contributed by atoms with van der Waals surface area (Å²) >= 11 is 0. The Kier molecular flexibility index (Phi) is 10.5. The van der Waals surface area contributed by atoms with Gasteiger partial charge in [0.15, 0.2) is 0 Å². The molecular formula is C51H55N11O5. The fourth-order valence-electron chi connectivity index (χ4n) is 11.5. The molecule has 1 unspecified atom stereocenters. The van der Waals surface area contributed by atoms with Crippen LogP contribution in [0.4, 0.5) is 28.8 Å². The topological polar surface area (TPSA) is 169 Å². The average molecular weight is 902 g/mol. The van der Waals surface area contributed by atoms with Gasteiger partial charge in [-0.3, -0.25) is 44.0 Å². The van der Waals surface area contributed by atoms with Crippen molar-refractivity contribution in [3.8, 4) is 11.1 Å². The molecule has 3 saturated heterocycles. The highest BCUT2D eigenvalue weighted by Gasteiger charge is 2.45. The lowest BCUT2D eigenvalue weighted by atomic mass is 9.90. The highest BCUT2D eigenvalue weighted by molar-refractivity contribution is 6.23. The fourth-order valence-corrected chi connectivity index (χ4v) is 11.5. The second-order valence-electron chi connectivity index (χ2n) is 19.8. The van der Waals surface area contributed by atoms with E-state index in [1.165, 1.54) is 11.3 Å². The van der Waals surface area contributed by atoms with Gasteiger partial charge in [0.25, 0.3) is 17.7 Å². The molecule has 344 valence electrons. The van der Waals surface area contributed by atoms with Gasteiger partial charge in [0.05, 0.1) is 23.0 Å². The number of carbonyl (C=O) groups is 5. The first-order valence-corrected chi connectivity index (χ1v) is 23.6. The molecule has 0 spiro atoms. The summed E-state index contributed by atoms with van der Waals surface area (Å²) in [6.07, 6.45) is 9.68. The monoisotopic (exact) mass is 901 g/mol. The van der Waals surface area contributed by atoms with E-state index < -0.39 is 29.7 Å². The van der Waals surface area contributed by atoms with Crippen LogP contribution in [0.25, 0.3) is 11.1 Å². The molecule has 6 aliphatic rings. The molecule has 1 aliphatic carbocycles. The summed E-state index contributed by atoms with van der Waals surface area (Å²) in [5, 5.41) is 5.66.